The van der Waals surface area contributed by atoms with E-state index in [0.29, 0.717) is 31.7 Å². The van der Waals surface area contributed by atoms with Gasteiger partial charge in [-0.3, -0.25) is 9.59 Å². The number of carbonyl (C=O) groups is 3. The van der Waals surface area contributed by atoms with Crippen LogP contribution in [0.1, 0.15) is 12.8 Å². The fraction of sp³-hybridized carbons (Fsp3) is 0.318. The normalized spacial score (nSPS) is 14.3. The van der Waals surface area contributed by atoms with Crippen LogP contribution in [-0.4, -0.2) is 49.0 Å². The van der Waals surface area contributed by atoms with Crippen LogP contribution < -0.4 is 10.5 Å². The van der Waals surface area contributed by atoms with Crippen molar-refractivity contribution in [3.63, 3.8) is 0 Å². The Morgan fingerprint density at radius 3 is 2.14 bits per heavy atom. The van der Waals surface area contributed by atoms with E-state index in [1.807, 2.05) is 42.5 Å². The van der Waals surface area contributed by atoms with Crippen LogP contribution in [0.25, 0.3) is 11.1 Å². The van der Waals surface area contributed by atoms with Crippen molar-refractivity contribution in [1.29, 1.82) is 0 Å². The van der Waals surface area contributed by atoms with Gasteiger partial charge in [-0.05, 0) is 36.1 Å². The number of nitrogens with zero attached hydrogens (tertiary/aromatic N) is 1. The van der Waals surface area contributed by atoms with Crippen LogP contribution in [-0.2, 0) is 19.1 Å². The van der Waals surface area contributed by atoms with Gasteiger partial charge in [-0.15, -0.1) is 0 Å². The number of rotatable bonds is 7. The molecule has 1 fully saturated rings. The summed E-state index contributed by atoms with van der Waals surface area (Å²) in [6.45, 7) is 0.264. The second-order valence-corrected chi connectivity index (χ2v) is 6.90. The van der Waals surface area contributed by atoms with Crippen LogP contribution in [0.3, 0.4) is 0 Å². The zero-order valence-corrected chi connectivity index (χ0v) is 16.1. The molecule has 3 rings (SSSR count). The van der Waals surface area contributed by atoms with Gasteiger partial charge >= 0.3 is 5.97 Å². The van der Waals surface area contributed by atoms with E-state index >= 15 is 0 Å². The van der Waals surface area contributed by atoms with Gasteiger partial charge in [-0.2, -0.15) is 0 Å². The third-order valence-corrected chi connectivity index (χ3v) is 4.92. The van der Waals surface area contributed by atoms with E-state index in [0.717, 1.165) is 11.1 Å². The van der Waals surface area contributed by atoms with Gasteiger partial charge in [-0.25, -0.2) is 4.79 Å². The third kappa shape index (κ3) is 5.81. The van der Waals surface area contributed by atoms with Gasteiger partial charge in [-0.1, -0.05) is 42.5 Å². The molecule has 7 heteroatoms. The molecule has 1 aliphatic rings. The molecular weight excluding hydrogens is 372 g/mol. The maximum absolute atomic E-state index is 12.1. The molecule has 2 aromatic rings. The molecule has 0 radical (unpaired) electrons. The number of ether oxygens (including phenoxy) is 2. The molecule has 2 amide bonds. The number of carbonyl (C=O) groups excluding carboxylic acids is 3. The Kier molecular flexibility index (Phi) is 6.84. The topological polar surface area (TPSA) is 98.9 Å². The van der Waals surface area contributed by atoms with E-state index in [2.05, 4.69) is 0 Å². The van der Waals surface area contributed by atoms with E-state index in [9.17, 15) is 14.4 Å². The lowest BCUT2D eigenvalue weighted by Gasteiger charge is -2.30. The average molecular weight is 396 g/mol. The van der Waals surface area contributed by atoms with Gasteiger partial charge in [0, 0.05) is 19.0 Å². The first-order valence-electron chi connectivity index (χ1n) is 9.54. The molecule has 2 aromatic carbocycles. The molecule has 0 atom stereocenters. The van der Waals surface area contributed by atoms with Gasteiger partial charge in [0.25, 0.3) is 5.91 Å². The van der Waals surface area contributed by atoms with Crippen LogP contribution in [0.2, 0.25) is 0 Å². The third-order valence-electron chi connectivity index (χ3n) is 4.92. The highest BCUT2D eigenvalue weighted by Gasteiger charge is 2.26. The molecule has 152 valence electrons. The number of benzene rings is 2. The van der Waals surface area contributed by atoms with E-state index in [4.69, 9.17) is 15.2 Å². The first kappa shape index (κ1) is 20.4. The molecule has 1 heterocycles. The maximum Gasteiger partial charge on any atom is 0.344 e. The number of amides is 2. The first-order valence-corrected chi connectivity index (χ1v) is 9.54. The minimum atomic E-state index is -0.613. The Bertz CT molecular complexity index is 843. The molecule has 0 unspecified atom stereocenters. The predicted octanol–water partition coefficient (Wildman–Crippen LogP) is 2.00. The Hall–Kier alpha value is -3.35. The molecule has 1 aliphatic heterocycles. The summed E-state index contributed by atoms with van der Waals surface area (Å²) in [7, 11) is 0. The van der Waals surface area contributed by atoms with E-state index < -0.39 is 5.97 Å². The SMILES string of the molecule is NC(=O)C1CCN(C(=O)COC(=O)COc2ccc(-c3ccccc3)cc2)CC1. The Labute approximate surface area is 169 Å². The van der Waals surface area contributed by atoms with Crippen LogP contribution in [0.4, 0.5) is 0 Å². The number of esters is 1. The Morgan fingerprint density at radius 2 is 1.52 bits per heavy atom. The molecule has 0 aromatic heterocycles. The van der Waals surface area contributed by atoms with Crippen molar-refractivity contribution in [3.8, 4) is 16.9 Å². The summed E-state index contributed by atoms with van der Waals surface area (Å²) in [5.41, 5.74) is 7.42. The number of hydrogen-bond acceptors (Lipinski definition) is 5. The van der Waals surface area contributed by atoms with Crippen LogP contribution in [0, 0.1) is 5.92 Å². The second kappa shape index (κ2) is 9.73. The van der Waals surface area contributed by atoms with Gasteiger partial charge in [0.05, 0.1) is 0 Å². The molecular formula is C22H24N2O5. The summed E-state index contributed by atoms with van der Waals surface area (Å²) in [5.74, 6) is -0.881. The standard InChI is InChI=1S/C22H24N2O5/c23-22(27)18-10-12-24(13-11-18)20(25)14-29-21(26)15-28-19-8-6-17(7-9-19)16-4-2-1-3-5-16/h1-9,18H,10-15H2,(H2,23,27). The molecule has 0 saturated carbocycles. The van der Waals surface area contributed by atoms with Crippen molar-refractivity contribution in [3.05, 3.63) is 54.6 Å². The van der Waals surface area contributed by atoms with E-state index in [1.54, 1.807) is 17.0 Å². The summed E-state index contributed by atoms with van der Waals surface area (Å²) >= 11 is 0. The van der Waals surface area contributed by atoms with Gasteiger partial charge in [0.1, 0.15) is 5.75 Å². The first-order chi connectivity index (χ1) is 14.0. The van der Waals surface area contributed by atoms with E-state index in [-0.39, 0.29) is 30.9 Å². The summed E-state index contributed by atoms with van der Waals surface area (Å²) in [6.07, 6.45) is 1.08. The Balaban J connectivity index is 1.39. The summed E-state index contributed by atoms with van der Waals surface area (Å²) in [6, 6.07) is 17.3. The minimum Gasteiger partial charge on any atom is -0.482 e. The monoisotopic (exact) mass is 396 g/mol. The summed E-state index contributed by atoms with van der Waals surface area (Å²) in [4.78, 5) is 36.7. The fourth-order valence-electron chi connectivity index (χ4n) is 3.21. The number of piperidine rings is 1. The molecule has 7 nitrogen and oxygen atoms in total. The molecule has 2 N–H and O–H groups in total. The number of hydrogen-bond donors (Lipinski definition) is 1. The van der Waals surface area contributed by atoms with Crippen molar-refractivity contribution >= 4 is 17.8 Å². The highest BCUT2D eigenvalue weighted by Crippen LogP contribution is 2.22. The van der Waals surface area contributed by atoms with Gasteiger partial charge in [0.2, 0.25) is 5.91 Å². The predicted molar refractivity (Wildman–Crippen MR) is 107 cm³/mol. The molecule has 1 saturated heterocycles. The van der Waals surface area contributed by atoms with Crippen LogP contribution in [0.5, 0.6) is 5.75 Å². The number of primary amides is 1. The summed E-state index contributed by atoms with van der Waals surface area (Å²) in [5, 5.41) is 0. The number of likely N-dealkylation sites (tertiary alicyclic amines) is 1. The molecule has 0 aliphatic carbocycles. The maximum atomic E-state index is 12.1. The van der Waals surface area contributed by atoms with Crippen molar-refractivity contribution in [2.24, 2.45) is 11.7 Å². The average Bonchev–Trinajstić information content (AvgIpc) is 2.77. The smallest absolute Gasteiger partial charge is 0.344 e. The lowest BCUT2D eigenvalue weighted by molar-refractivity contribution is -0.154. The zero-order chi connectivity index (χ0) is 20.6. The minimum absolute atomic E-state index is 0.191. The van der Waals surface area contributed by atoms with Crippen LogP contribution >= 0.6 is 0 Å². The van der Waals surface area contributed by atoms with Crippen molar-refractivity contribution in [1.82, 2.24) is 4.90 Å². The van der Waals surface area contributed by atoms with Gasteiger partial charge in [0.15, 0.2) is 13.2 Å². The summed E-state index contributed by atoms with van der Waals surface area (Å²) < 4.78 is 10.4. The van der Waals surface area contributed by atoms with E-state index in [1.165, 1.54) is 0 Å². The fourth-order valence-corrected chi connectivity index (χ4v) is 3.21. The van der Waals surface area contributed by atoms with Crippen LogP contribution in [0.15, 0.2) is 54.6 Å². The highest BCUT2D eigenvalue weighted by atomic mass is 16.6. The highest BCUT2D eigenvalue weighted by molar-refractivity contribution is 5.82. The largest absolute Gasteiger partial charge is 0.482 e. The lowest BCUT2D eigenvalue weighted by atomic mass is 9.96. The quantitative estimate of drug-likeness (QED) is 0.722. The van der Waals surface area contributed by atoms with Crippen molar-refractivity contribution in [2.75, 3.05) is 26.3 Å². The van der Waals surface area contributed by atoms with Gasteiger partial charge < -0.3 is 20.1 Å². The Morgan fingerprint density at radius 1 is 0.897 bits per heavy atom. The van der Waals surface area contributed by atoms with Crippen molar-refractivity contribution in [2.45, 2.75) is 12.8 Å². The lowest BCUT2D eigenvalue weighted by Crippen LogP contribution is -2.43. The second-order valence-electron chi connectivity index (χ2n) is 6.90. The number of nitrogens with two attached hydrogens (primary N) is 1. The van der Waals surface area contributed by atoms with Crippen molar-refractivity contribution < 1.29 is 23.9 Å². The molecule has 0 spiro atoms. The molecule has 0 bridgehead atoms. The zero-order valence-electron chi connectivity index (χ0n) is 16.1. The molecule has 29 heavy (non-hydrogen) atoms.